The number of carbonyl (C=O) groups excluding carboxylic acids is 1. The SMILES string of the molecule is CCOCCCC(=O)NC1CCCN(c2ccc(C#N)cc2F)C1. The van der Waals surface area contributed by atoms with Crippen LogP contribution in [0.1, 0.15) is 38.2 Å². The van der Waals surface area contributed by atoms with Crippen molar-refractivity contribution in [2.75, 3.05) is 31.2 Å². The highest BCUT2D eigenvalue weighted by Crippen LogP contribution is 2.24. The maximum Gasteiger partial charge on any atom is 0.220 e. The topological polar surface area (TPSA) is 65.4 Å². The van der Waals surface area contributed by atoms with Gasteiger partial charge in [-0.15, -0.1) is 0 Å². The van der Waals surface area contributed by atoms with E-state index >= 15 is 0 Å². The van der Waals surface area contributed by atoms with Crippen LogP contribution >= 0.6 is 0 Å². The first kappa shape index (κ1) is 18.2. The molecule has 1 N–H and O–H groups in total. The molecule has 0 radical (unpaired) electrons. The van der Waals surface area contributed by atoms with Gasteiger partial charge in [-0.3, -0.25) is 4.79 Å². The number of rotatable bonds is 7. The van der Waals surface area contributed by atoms with Crippen molar-refractivity contribution in [2.24, 2.45) is 0 Å². The van der Waals surface area contributed by atoms with Crippen LogP contribution < -0.4 is 10.2 Å². The van der Waals surface area contributed by atoms with E-state index in [1.54, 1.807) is 12.1 Å². The summed E-state index contributed by atoms with van der Waals surface area (Å²) in [5, 5.41) is 11.8. The minimum atomic E-state index is -0.391. The number of anilines is 1. The first-order chi connectivity index (χ1) is 11.6. The van der Waals surface area contributed by atoms with E-state index in [1.165, 1.54) is 6.07 Å². The lowest BCUT2D eigenvalue weighted by molar-refractivity contribution is -0.122. The number of carbonyl (C=O) groups is 1. The summed E-state index contributed by atoms with van der Waals surface area (Å²) in [5.41, 5.74) is 0.803. The summed E-state index contributed by atoms with van der Waals surface area (Å²) >= 11 is 0. The zero-order valence-corrected chi connectivity index (χ0v) is 14.1. The first-order valence-electron chi connectivity index (χ1n) is 8.45. The van der Waals surface area contributed by atoms with Crippen LogP contribution in [0.25, 0.3) is 0 Å². The molecule has 0 spiro atoms. The summed E-state index contributed by atoms with van der Waals surface area (Å²) in [4.78, 5) is 13.9. The van der Waals surface area contributed by atoms with E-state index < -0.39 is 5.82 Å². The zero-order chi connectivity index (χ0) is 17.4. The van der Waals surface area contributed by atoms with E-state index in [0.717, 1.165) is 19.4 Å². The maximum atomic E-state index is 14.2. The Labute approximate surface area is 142 Å². The zero-order valence-electron chi connectivity index (χ0n) is 14.1. The molecule has 1 heterocycles. The monoisotopic (exact) mass is 333 g/mol. The summed E-state index contributed by atoms with van der Waals surface area (Å²) in [6.45, 7) is 4.52. The number of amides is 1. The third kappa shape index (κ3) is 5.20. The molecule has 24 heavy (non-hydrogen) atoms. The lowest BCUT2D eigenvalue weighted by Crippen LogP contribution is -2.48. The van der Waals surface area contributed by atoms with Crippen molar-refractivity contribution in [1.82, 2.24) is 5.32 Å². The Morgan fingerprint density at radius 2 is 2.38 bits per heavy atom. The van der Waals surface area contributed by atoms with Crippen LogP contribution in [-0.2, 0) is 9.53 Å². The van der Waals surface area contributed by atoms with E-state index in [9.17, 15) is 9.18 Å². The molecule has 0 saturated carbocycles. The summed E-state index contributed by atoms with van der Waals surface area (Å²) < 4.78 is 19.4. The second-order valence-corrected chi connectivity index (χ2v) is 5.93. The standard InChI is InChI=1S/C18H24FN3O2/c1-2-24-10-4-6-18(23)21-15-5-3-9-22(13-15)17-8-7-14(12-20)11-16(17)19/h7-8,11,15H,2-6,9-10,13H2,1H3,(H,21,23). The van der Waals surface area contributed by atoms with Crippen LogP contribution in [0.5, 0.6) is 0 Å². The second kappa shape index (κ2) is 9.24. The minimum Gasteiger partial charge on any atom is -0.382 e. The quantitative estimate of drug-likeness (QED) is 0.779. The maximum absolute atomic E-state index is 14.2. The molecule has 0 aromatic heterocycles. The molecule has 130 valence electrons. The number of hydrogen-bond donors (Lipinski definition) is 1. The van der Waals surface area contributed by atoms with Gasteiger partial charge in [0, 0.05) is 38.8 Å². The number of nitrogens with zero attached hydrogens (tertiary/aromatic N) is 2. The van der Waals surface area contributed by atoms with Crippen LogP contribution in [0.2, 0.25) is 0 Å². The summed E-state index contributed by atoms with van der Waals surface area (Å²) in [6, 6.07) is 6.47. The Hall–Kier alpha value is -2.13. The van der Waals surface area contributed by atoms with Gasteiger partial charge in [0.2, 0.25) is 5.91 Å². The number of hydrogen-bond acceptors (Lipinski definition) is 4. The Morgan fingerprint density at radius 1 is 1.54 bits per heavy atom. The molecule has 0 bridgehead atoms. The molecule has 1 atom stereocenters. The molecule has 1 fully saturated rings. The molecule has 1 amide bonds. The Balaban J connectivity index is 1.87. The van der Waals surface area contributed by atoms with Crippen LogP contribution in [0.15, 0.2) is 18.2 Å². The van der Waals surface area contributed by atoms with E-state index in [1.807, 2.05) is 17.9 Å². The van der Waals surface area contributed by atoms with Crippen LogP contribution in [0.3, 0.4) is 0 Å². The fourth-order valence-corrected chi connectivity index (χ4v) is 2.93. The largest absolute Gasteiger partial charge is 0.382 e. The lowest BCUT2D eigenvalue weighted by atomic mass is 10.0. The number of nitriles is 1. The number of benzene rings is 1. The van der Waals surface area contributed by atoms with Gasteiger partial charge in [-0.25, -0.2) is 4.39 Å². The van der Waals surface area contributed by atoms with Crippen LogP contribution in [0, 0.1) is 17.1 Å². The molecule has 1 aliphatic rings. The highest BCUT2D eigenvalue weighted by atomic mass is 19.1. The van der Waals surface area contributed by atoms with Crippen molar-refractivity contribution in [1.29, 1.82) is 5.26 Å². The molecule has 1 aliphatic heterocycles. The highest BCUT2D eigenvalue weighted by Gasteiger charge is 2.23. The van der Waals surface area contributed by atoms with Gasteiger partial charge in [0.15, 0.2) is 0 Å². The molecule has 5 nitrogen and oxygen atoms in total. The predicted octanol–water partition coefficient (Wildman–Crippen LogP) is 2.60. The molecule has 1 unspecified atom stereocenters. The van der Waals surface area contributed by atoms with Gasteiger partial charge < -0.3 is 15.0 Å². The van der Waals surface area contributed by atoms with Gasteiger partial charge in [0.25, 0.3) is 0 Å². The number of ether oxygens (including phenoxy) is 1. The Morgan fingerprint density at radius 3 is 3.08 bits per heavy atom. The summed E-state index contributed by atoms with van der Waals surface area (Å²) in [6.07, 6.45) is 2.94. The molecule has 2 rings (SSSR count). The average molecular weight is 333 g/mol. The highest BCUT2D eigenvalue weighted by molar-refractivity contribution is 5.76. The van der Waals surface area contributed by atoms with Crippen LogP contribution in [-0.4, -0.2) is 38.3 Å². The van der Waals surface area contributed by atoms with Crippen molar-refractivity contribution < 1.29 is 13.9 Å². The van der Waals surface area contributed by atoms with E-state index in [4.69, 9.17) is 10.00 Å². The number of halogens is 1. The van der Waals surface area contributed by atoms with Gasteiger partial charge >= 0.3 is 0 Å². The Bertz CT molecular complexity index is 600. The van der Waals surface area contributed by atoms with E-state index in [2.05, 4.69) is 5.32 Å². The van der Waals surface area contributed by atoms with Crippen molar-refractivity contribution >= 4 is 11.6 Å². The third-order valence-electron chi connectivity index (χ3n) is 4.10. The molecule has 6 heteroatoms. The minimum absolute atomic E-state index is 0.0156. The van der Waals surface area contributed by atoms with Crippen molar-refractivity contribution in [3.63, 3.8) is 0 Å². The summed E-state index contributed by atoms with van der Waals surface area (Å²) in [5.74, 6) is -0.375. The van der Waals surface area contributed by atoms with E-state index in [-0.39, 0.29) is 11.9 Å². The summed E-state index contributed by atoms with van der Waals surface area (Å²) in [7, 11) is 0. The van der Waals surface area contributed by atoms with Crippen LogP contribution in [0.4, 0.5) is 10.1 Å². The van der Waals surface area contributed by atoms with E-state index in [0.29, 0.717) is 43.9 Å². The van der Waals surface area contributed by atoms with Crippen molar-refractivity contribution in [3.05, 3.63) is 29.6 Å². The molecule has 1 saturated heterocycles. The number of nitrogens with one attached hydrogen (secondary N) is 1. The first-order valence-corrected chi connectivity index (χ1v) is 8.45. The molecule has 0 aliphatic carbocycles. The van der Waals surface area contributed by atoms with Gasteiger partial charge in [-0.1, -0.05) is 0 Å². The van der Waals surface area contributed by atoms with Gasteiger partial charge in [-0.2, -0.15) is 5.26 Å². The van der Waals surface area contributed by atoms with Gasteiger partial charge in [-0.05, 0) is 44.4 Å². The fourth-order valence-electron chi connectivity index (χ4n) is 2.93. The predicted molar refractivity (Wildman–Crippen MR) is 90.2 cm³/mol. The van der Waals surface area contributed by atoms with Crippen molar-refractivity contribution in [2.45, 2.75) is 38.6 Å². The van der Waals surface area contributed by atoms with Gasteiger partial charge in [0.05, 0.1) is 17.3 Å². The third-order valence-corrected chi connectivity index (χ3v) is 4.10. The molecule has 1 aromatic carbocycles. The molecular formula is C18H24FN3O2. The molecular weight excluding hydrogens is 309 g/mol. The second-order valence-electron chi connectivity index (χ2n) is 5.93. The smallest absolute Gasteiger partial charge is 0.220 e. The number of piperidine rings is 1. The van der Waals surface area contributed by atoms with Gasteiger partial charge in [0.1, 0.15) is 5.82 Å². The normalized spacial score (nSPS) is 17.4. The van der Waals surface area contributed by atoms with Crippen molar-refractivity contribution in [3.8, 4) is 6.07 Å². The fraction of sp³-hybridized carbons (Fsp3) is 0.556. The lowest BCUT2D eigenvalue weighted by Gasteiger charge is -2.35. The Kier molecular flexibility index (Phi) is 7.01. The average Bonchev–Trinajstić information content (AvgIpc) is 2.59. The molecule has 1 aromatic rings.